The van der Waals surface area contributed by atoms with Crippen LogP contribution in [0.4, 0.5) is 0 Å². The van der Waals surface area contributed by atoms with Gasteiger partial charge in [-0.05, 0) is 57.3 Å². The molecule has 1 aliphatic carbocycles. The predicted molar refractivity (Wildman–Crippen MR) is 84.5 cm³/mol. The average Bonchev–Trinajstić information content (AvgIpc) is 2.38. The van der Waals surface area contributed by atoms with Gasteiger partial charge in [0.2, 0.25) is 0 Å². The van der Waals surface area contributed by atoms with Gasteiger partial charge >= 0.3 is 5.97 Å². The van der Waals surface area contributed by atoms with E-state index in [2.05, 4.69) is 26.8 Å². The lowest BCUT2D eigenvalue weighted by atomic mass is 9.70. The van der Waals surface area contributed by atoms with Gasteiger partial charge in [-0.25, -0.2) is 0 Å². The molecule has 0 bridgehead atoms. The van der Waals surface area contributed by atoms with Gasteiger partial charge in [-0.1, -0.05) is 31.9 Å². The van der Waals surface area contributed by atoms with Crippen molar-refractivity contribution >= 4 is 5.97 Å². The zero-order valence-corrected chi connectivity index (χ0v) is 14.2. The van der Waals surface area contributed by atoms with Gasteiger partial charge < -0.3 is 4.74 Å². The number of hydrogen-bond acceptors (Lipinski definition) is 3. The lowest BCUT2D eigenvalue weighted by molar-refractivity contribution is -0.147. The van der Waals surface area contributed by atoms with Crippen LogP contribution >= 0.6 is 0 Å². The highest BCUT2D eigenvalue weighted by molar-refractivity contribution is 5.75. The molecule has 0 saturated carbocycles. The van der Waals surface area contributed by atoms with Crippen LogP contribution in [0.25, 0.3) is 0 Å². The molecule has 21 heavy (non-hydrogen) atoms. The molecule has 0 spiro atoms. The van der Waals surface area contributed by atoms with Crippen molar-refractivity contribution in [1.82, 2.24) is 0 Å². The van der Waals surface area contributed by atoms with E-state index in [0.29, 0.717) is 6.61 Å². The van der Waals surface area contributed by atoms with Gasteiger partial charge in [0.05, 0.1) is 12.7 Å². The summed E-state index contributed by atoms with van der Waals surface area (Å²) in [6.07, 6.45) is 5.53. The summed E-state index contributed by atoms with van der Waals surface area (Å²) in [5.74, 6) is -0.981. The van der Waals surface area contributed by atoms with Crippen LogP contribution in [0.5, 0.6) is 0 Å². The summed E-state index contributed by atoms with van der Waals surface area (Å²) in [6, 6.07) is 2.12. The number of nitrogens with zero attached hydrogens (tertiary/aromatic N) is 1. The zero-order chi connectivity index (χ0) is 16.0. The fraction of sp³-hybridized carbons (Fsp3) is 0.778. The van der Waals surface area contributed by atoms with Crippen LogP contribution in [-0.4, -0.2) is 12.6 Å². The van der Waals surface area contributed by atoms with Gasteiger partial charge in [0.25, 0.3) is 0 Å². The molecule has 118 valence electrons. The molecule has 0 heterocycles. The van der Waals surface area contributed by atoms with Crippen LogP contribution in [0.2, 0.25) is 0 Å². The largest absolute Gasteiger partial charge is 0.465 e. The summed E-state index contributed by atoms with van der Waals surface area (Å²) in [7, 11) is 0. The third-order valence-corrected chi connectivity index (χ3v) is 4.78. The molecule has 0 saturated heterocycles. The van der Waals surface area contributed by atoms with Gasteiger partial charge in [-0.15, -0.1) is 0 Å². The second-order valence-corrected chi connectivity index (χ2v) is 6.87. The zero-order valence-electron chi connectivity index (χ0n) is 14.2. The first-order chi connectivity index (χ1) is 9.83. The summed E-state index contributed by atoms with van der Waals surface area (Å²) in [5.41, 5.74) is 3.29. The van der Waals surface area contributed by atoms with E-state index in [9.17, 15) is 10.1 Å². The lowest BCUT2D eigenvalue weighted by Crippen LogP contribution is -2.25. The molecule has 1 rings (SSSR count). The molecule has 2 unspecified atom stereocenters. The Morgan fingerprint density at radius 2 is 2.14 bits per heavy atom. The molecular formula is C18H29NO2. The Balaban J connectivity index is 2.69. The van der Waals surface area contributed by atoms with Gasteiger partial charge in [0, 0.05) is 0 Å². The quantitative estimate of drug-likeness (QED) is 0.529. The van der Waals surface area contributed by atoms with Crippen molar-refractivity contribution in [3.05, 3.63) is 11.1 Å². The molecular weight excluding hydrogens is 262 g/mol. The summed E-state index contributed by atoms with van der Waals surface area (Å²) >= 11 is 0. The highest BCUT2D eigenvalue weighted by Crippen LogP contribution is 2.43. The fourth-order valence-electron chi connectivity index (χ4n) is 3.41. The van der Waals surface area contributed by atoms with E-state index in [0.717, 1.165) is 12.8 Å². The number of ether oxygens (including phenoxy) is 1. The number of nitriles is 1. The minimum absolute atomic E-state index is 0.0343. The van der Waals surface area contributed by atoms with E-state index in [1.807, 2.05) is 6.92 Å². The van der Waals surface area contributed by atoms with Crippen molar-refractivity contribution in [2.45, 2.75) is 66.7 Å². The standard InChI is InChI=1S/C18H29NO2/c1-6-21-17(20)15(12-19)13(2)9-10-16-14(3)8-7-11-18(16,4)5/h13,15H,6-11H2,1-5H3. The minimum atomic E-state index is -0.641. The van der Waals surface area contributed by atoms with Crippen LogP contribution in [0.3, 0.4) is 0 Å². The molecule has 2 atom stereocenters. The highest BCUT2D eigenvalue weighted by atomic mass is 16.5. The molecule has 0 radical (unpaired) electrons. The molecule has 0 N–H and O–H groups in total. The molecule has 0 aromatic heterocycles. The average molecular weight is 291 g/mol. The Morgan fingerprint density at radius 1 is 1.48 bits per heavy atom. The van der Waals surface area contributed by atoms with Crippen molar-refractivity contribution in [3.8, 4) is 6.07 Å². The van der Waals surface area contributed by atoms with Crippen LogP contribution in [-0.2, 0) is 9.53 Å². The Bertz CT molecular complexity index is 443. The van der Waals surface area contributed by atoms with E-state index < -0.39 is 5.92 Å². The minimum Gasteiger partial charge on any atom is -0.465 e. The van der Waals surface area contributed by atoms with Gasteiger partial charge in [-0.2, -0.15) is 5.26 Å². The van der Waals surface area contributed by atoms with Crippen LogP contribution < -0.4 is 0 Å². The first-order valence-electron chi connectivity index (χ1n) is 8.08. The molecule has 3 nitrogen and oxygen atoms in total. The van der Waals surface area contributed by atoms with Crippen molar-refractivity contribution in [1.29, 1.82) is 5.26 Å². The van der Waals surface area contributed by atoms with Crippen molar-refractivity contribution in [2.24, 2.45) is 17.3 Å². The molecule has 0 fully saturated rings. The third-order valence-electron chi connectivity index (χ3n) is 4.78. The number of esters is 1. The maximum absolute atomic E-state index is 11.8. The number of carbonyl (C=O) groups is 1. The SMILES string of the molecule is CCOC(=O)C(C#N)C(C)CCC1=C(C)CCCC1(C)C. The second-order valence-electron chi connectivity index (χ2n) is 6.87. The number of rotatable bonds is 6. The van der Waals surface area contributed by atoms with Gasteiger partial charge in [0.15, 0.2) is 0 Å². The number of carbonyl (C=O) groups excluding carboxylic acids is 1. The Kier molecular flexibility index (Phi) is 6.45. The topological polar surface area (TPSA) is 50.1 Å². The third kappa shape index (κ3) is 4.59. The van der Waals surface area contributed by atoms with Gasteiger partial charge in [0.1, 0.15) is 5.92 Å². The summed E-state index contributed by atoms with van der Waals surface area (Å²) in [5, 5.41) is 9.22. The van der Waals surface area contributed by atoms with Crippen molar-refractivity contribution < 1.29 is 9.53 Å². The smallest absolute Gasteiger partial charge is 0.323 e. The molecule has 3 heteroatoms. The molecule has 0 aromatic rings. The Morgan fingerprint density at radius 3 is 2.67 bits per heavy atom. The number of hydrogen-bond donors (Lipinski definition) is 0. The van der Waals surface area contributed by atoms with E-state index >= 15 is 0 Å². The van der Waals surface area contributed by atoms with Crippen molar-refractivity contribution in [2.75, 3.05) is 6.61 Å². The van der Waals surface area contributed by atoms with Crippen LogP contribution in [0.1, 0.15) is 66.7 Å². The van der Waals surface area contributed by atoms with Crippen LogP contribution in [0, 0.1) is 28.6 Å². The van der Waals surface area contributed by atoms with E-state index in [1.165, 1.54) is 30.4 Å². The molecule has 1 aliphatic rings. The summed E-state index contributed by atoms with van der Waals surface area (Å²) < 4.78 is 5.00. The first-order valence-corrected chi connectivity index (χ1v) is 8.08. The van der Waals surface area contributed by atoms with E-state index in [-0.39, 0.29) is 17.3 Å². The maximum atomic E-state index is 11.8. The monoisotopic (exact) mass is 291 g/mol. The molecule has 0 amide bonds. The maximum Gasteiger partial charge on any atom is 0.323 e. The van der Waals surface area contributed by atoms with Crippen molar-refractivity contribution in [3.63, 3.8) is 0 Å². The molecule has 0 aromatic carbocycles. The van der Waals surface area contributed by atoms with E-state index in [4.69, 9.17) is 4.74 Å². The highest BCUT2D eigenvalue weighted by Gasteiger charge is 2.31. The predicted octanol–water partition coefficient (Wildman–Crippen LogP) is 4.63. The number of allylic oxidation sites excluding steroid dienone is 2. The lowest BCUT2D eigenvalue weighted by Gasteiger charge is -2.35. The van der Waals surface area contributed by atoms with Crippen LogP contribution in [0.15, 0.2) is 11.1 Å². The normalized spacial score (nSPS) is 20.6. The summed E-state index contributed by atoms with van der Waals surface area (Å²) in [4.78, 5) is 11.8. The van der Waals surface area contributed by atoms with Gasteiger partial charge in [-0.3, -0.25) is 4.79 Å². The molecule has 0 aliphatic heterocycles. The Hall–Kier alpha value is -1.30. The van der Waals surface area contributed by atoms with E-state index in [1.54, 1.807) is 6.92 Å². The summed E-state index contributed by atoms with van der Waals surface area (Å²) in [6.45, 7) is 10.9. The first kappa shape index (κ1) is 17.8. The second kappa shape index (κ2) is 7.64. The fourth-order valence-corrected chi connectivity index (χ4v) is 3.41. The Labute approximate surface area is 129 Å².